The number of hydrogen-bond donors (Lipinski definition) is 0. The number of aromatic nitrogens is 1. The first-order chi connectivity index (χ1) is 8.26. The number of nitriles is 1. The first kappa shape index (κ1) is 13.5. The first-order valence-electron chi connectivity index (χ1n) is 6.36. The van der Waals surface area contributed by atoms with Crippen molar-refractivity contribution in [3.63, 3.8) is 0 Å². The van der Waals surface area contributed by atoms with Crippen LogP contribution < -0.4 is 4.90 Å². The van der Waals surface area contributed by atoms with Gasteiger partial charge >= 0.3 is 0 Å². The van der Waals surface area contributed by atoms with Crippen LogP contribution in [0.25, 0.3) is 0 Å². The van der Waals surface area contributed by atoms with E-state index in [9.17, 15) is 0 Å². The summed E-state index contributed by atoms with van der Waals surface area (Å²) in [6, 6.07) is 5.86. The van der Waals surface area contributed by atoms with Gasteiger partial charge in [0, 0.05) is 19.3 Å². The molecule has 0 fully saturated rings. The van der Waals surface area contributed by atoms with Gasteiger partial charge in [0.1, 0.15) is 11.9 Å². The van der Waals surface area contributed by atoms with Crippen molar-refractivity contribution in [2.75, 3.05) is 18.0 Å². The van der Waals surface area contributed by atoms with Crippen molar-refractivity contribution in [2.24, 2.45) is 5.92 Å². The molecule has 3 nitrogen and oxygen atoms in total. The minimum atomic E-state index is 0.667. The van der Waals surface area contributed by atoms with Crippen LogP contribution in [0.3, 0.4) is 0 Å². The fourth-order valence-electron chi connectivity index (χ4n) is 1.96. The molecule has 0 saturated carbocycles. The molecule has 0 radical (unpaired) electrons. The monoisotopic (exact) mass is 231 g/mol. The molecule has 0 atom stereocenters. The molecular formula is C14H21N3. The van der Waals surface area contributed by atoms with Gasteiger partial charge in [0.25, 0.3) is 0 Å². The Labute approximate surface area is 104 Å². The van der Waals surface area contributed by atoms with Gasteiger partial charge in [-0.3, -0.25) is 0 Å². The van der Waals surface area contributed by atoms with Crippen LogP contribution in [0.1, 0.15) is 39.2 Å². The normalized spacial score (nSPS) is 10.3. The maximum atomic E-state index is 9.09. The molecule has 17 heavy (non-hydrogen) atoms. The second-order valence-corrected chi connectivity index (χ2v) is 4.21. The molecule has 0 bridgehead atoms. The van der Waals surface area contributed by atoms with Gasteiger partial charge in [-0.25, -0.2) is 4.98 Å². The Kier molecular flexibility index (Phi) is 5.48. The second-order valence-electron chi connectivity index (χ2n) is 4.21. The summed E-state index contributed by atoms with van der Waals surface area (Å²) in [5, 5.41) is 9.09. The van der Waals surface area contributed by atoms with Crippen LogP contribution in [0.5, 0.6) is 0 Å². The Morgan fingerprint density at radius 1 is 1.35 bits per heavy atom. The molecule has 0 spiro atoms. The molecule has 0 N–H and O–H groups in total. The Hall–Kier alpha value is -1.56. The van der Waals surface area contributed by atoms with Crippen LogP contribution in [0.4, 0.5) is 5.82 Å². The highest BCUT2D eigenvalue weighted by Crippen LogP contribution is 2.19. The van der Waals surface area contributed by atoms with E-state index in [-0.39, 0.29) is 0 Å². The number of pyridine rings is 1. The zero-order chi connectivity index (χ0) is 12.7. The minimum absolute atomic E-state index is 0.667. The molecule has 92 valence electrons. The Morgan fingerprint density at radius 3 is 2.59 bits per heavy atom. The highest BCUT2D eigenvalue weighted by Gasteiger charge is 2.14. The molecule has 0 saturated heterocycles. The lowest BCUT2D eigenvalue weighted by Gasteiger charge is -2.26. The van der Waals surface area contributed by atoms with Crippen molar-refractivity contribution in [3.05, 3.63) is 23.9 Å². The zero-order valence-corrected chi connectivity index (χ0v) is 11.0. The SMILES string of the molecule is CCC(CC)CN(CC)c1ncccc1C#N. The number of rotatable bonds is 6. The molecule has 3 heteroatoms. The summed E-state index contributed by atoms with van der Waals surface area (Å²) < 4.78 is 0. The molecule has 1 rings (SSSR count). The Morgan fingerprint density at radius 2 is 2.06 bits per heavy atom. The summed E-state index contributed by atoms with van der Waals surface area (Å²) in [6.45, 7) is 8.41. The Bertz CT molecular complexity index is 377. The predicted molar refractivity (Wildman–Crippen MR) is 70.9 cm³/mol. The lowest BCUT2D eigenvalue weighted by molar-refractivity contribution is 0.484. The van der Waals surface area contributed by atoms with Crippen LogP contribution in [0.15, 0.2) is 18.3 Å². The van der Waals surface area contributed by atoms with E-state index in [0.717, 1.165) is 18.9 Å². The number of nitrogens with zero attached hydrogens (tertiary/aromatic N) is 3. The van der Waals surface area contributed by atoms with Crippen molar-refractivity contribution in [1.82, 2.24) is 4.98 Å². The van der Waals surface area contributed by atoms with Gasteiger partial charge in [-0.1, -0.05) is 26.7 Å². The van der Waals surface area contributed by atoms with E-state index in [1.165, 1.54) is 12.8 Å². The maximum absolute atomic E-state index is 9.09. The van der Waals surface area contributed by atoms with Crippen molar-refractivity contribution < 1.29 is 0 Å². The van der Waals surface area contributed by atoms with Gasteiger partial charge in [-0.2, -0.15) is 5.26 Å². The fraction of sp³-hybridized carbons (Fsp3) is 0.571. The molecule has 0 aliphatic carbocycles. The predicted octanol–water partition coefficient (Wildman–Crippen LogP) is 3.22. The highest BCUT2D eigenvalue weighted by atomic mass is 15.2. The summed E-state index contributed by atoms with van der Waals surface area (Å²) in [5.41, 5.74) is 0.667. The van der Waals surface area contributed by atoms with E-state index < -0.39 is 0 Å². The van der Waals surface area contributed by atoms with Crippen LogP contribution in [0.2, 0.25) is 0 Å². The summed E-state index contributed by atoms with van der Waals surface area (Å²) in [7, 11) is 0. The minimum Gasteiger partial charge on any atom is -0.356 e. The van der Waals surface area contributed by atoms with Gasteiger partial charge in [0.05, 0.1) is 5.56 Å². The zero-order valence-electron chi connectivity index (χ0n) is 11.0. The van der Waals surface area contributed by atoms with Crippen molar-refractivity contribution in [2.45, 2.75) is 33.6 Å². The van der Waals surface area contributed by atoms with Gasteiger partial charge in [-0.05, 0) is 25.0 Å². The third-order valence-electron chi connectivity index (χ3n) is 3.22. The molecule has 0 aromatic carbocycles. The van der Waals surface area contributed by atoms with Crippen LogP contribution in [-0.2, 0) is 0 Å². The van der Waals surface area contributed by atoms with E-state index in [1.807, 2.05) is 12.1 Å². The quantitative estimate of drug-likeness (QED) is 0.754. The average molecular weight is 231 g/mol. The lowest BCUT2D eigenvalue weighted by atomic mass is 10.0. The van der Waals surface area contributed by atoms with E-state index in [0.29, 0.717) is 11.5 Å². The largest absolute Gasteiger partial charge is 0.356 e. The topological polar surface area (TPSA) is 39.9 Å². The summed E-state index contributed by atoms with van der Waals surface area (Å²) in [5.74, 6) is 1.49. The van der Waals surface area contributed by atoms with Gasteiger partial charge in [-0.15, -0.1) is 0 Å². The van der Waals surface area contributed by atoms with Crippen molar-refractivity contribution in [1.29, 1.82) is 5.26 Å². The van der Waals surface area contributed by atoms with Gasteiger partial charge in [0.15, 0.2) is 0 Å². The molecule has 0 aliphatic rings. The van der Waals surface area contributed by atoms with Crippen LogP contribution in [-0.4, -0.2) is 18.1 Å². The average Bonchev–Trinajstić information content (AvgIpc) is 2.40. The highest BCUT2D eigenvalue weighted by molar-refractivity contribution is 5.53. The number of anilines is 1. The Balaban J connectivity index is 2.90. The van der Waals surface area contributed by atoms with Crippen LogP contribution in [0, 0.1) is 17.2 Å². The van der Waals surface area contributed by atoms with Gasteiger partial charge in [0.2, 0.25) is 0 Å². The summed E-state index contributed by atoms with van der Waals surface area (Å²) in [6.07, 6.45) is 4.09. The lowest BCUT2D eigenvalue weighted by Crippen LogP contribution is -2.30. The van der Waals surface area contributed by atoms with Crippen LogP contribution >= 0.6 is 0 Å². The summed E-state index contributed by atoms with van der Waals surface area (Å²) in [4.78, 5) is 6.55. The van der Waals surface area contributed by atoms with Gasteiger partial charge < -0.3 is 4.90 Å². The summed E-state index contributed by atoms with van der Waals surface area (Å²) >= 11 is 0. The molecule has 1 aromatic rings. The molecule has 0 amide bonds. The molecular weight excluding hydrogens is 210 g/mol. The van der Waals surface area contributed by atoms with E-state index >= 15 is 0 Å². The smallest absolute Gasteiger partial charge is 0.146 e. The first-order valence-corrected chi connectivity index (χ1v) is 6.36. The van der Waals surface area contributed by atoms with E-state index in [1.54, 1.807) is 6.20 Å². The van der Waals surface area contributed by atoms with E-state index in [4.69, 9.17) is 5.26 Å². The third kappa shape index (κ3) is 3.45. The molecule has 1 heterocycles. The molecule has 0 unspecified atom stereocenters. The van der Waals surface area contributed by atoms with Crippen molar-refractivity contribution in [3.8, 4) is 6.07 Å². The fourth-order valence-corrected chi connectivity index (χ4v) is 1.96. The maximum Gasteiger partial charge on any atom is 0.146 e. The van der Waals surface area contributed by atoms with Crippen molar-refractivity contribution >= 4 is 5.82 Å². The number of hydrogen-bond acceptors (Lipinski definition) is 3. The van der Waals surface area contributed by atoms with E-state index in [2.05, 4.69) is 36.7 Å². The molecule has 1 aromatic heterocycles. The standard InChI is InChI=1S/C14H21N3/c1-4-12(5-2)11-17(6-3)14-13(10-15)8-7-9-16-14/h7-9,12H,4-6,11H2,1-3H3. The third-order valence-corrected chi connectivity index (χ3v) is 3.22. The molecule has 0 aliphatic heterocycles. The second kappa shape index (κ2) is 6.90.